The Morgan fingerprint density at radius 3 is 2.12 bits per heavy atom. The standard InChI is InChI=1S/C14H29NO2/c1-12(2)9-10(13(3,4)17-12)11(15-7)14(5,6)16-8/h10-11,15H,9H2,1-8H3. The van der Waals surface area contributed by atoms with Gasteiger partial charge < -0.3 is 14.8 Å². The van der Waals surface area contributed by atoms with Gasteiger partial charge in [-0.05, 0) is 55.0 Å². The lowest BCUT2D eigenvalue weighted by Crippen LogP contribution is -2.55. The first-order valence-electron chi connectivity index (χ1n) is 6.48. The molecule has 2 atom stereocenters. The molecule has 1 heterocycles. The van der Waals surface area contributed by atoms with Crippen molar-refractivity contribution in [1.29, 1.82) is 0 Å². The number of ether oxygens (including phenoxy) is 2. The van der Waals surface area contributed by atoms with Crippen LogP contribution >= 0.6 is 0 Å². The Morgan fingerprint density at radius 1 is 1.29 bits per heavy atom. The van der Waals surface area contributed by atoms with Gasteiger partial charge in [0.05, 0.1) is 16.8 Å². The Hall–Kier alpha value is -0.120. The molecule has 0 aromatic heterocycles. The Balaban J connectivity index is 2.98. The summed E-state index contributed by atoms with van der Waals surface area (Å²) in [5, 5.41) is 3.42. The van der Waals surface area contributed by atoms with E-state index in [1.165, 1.54) is 0 Å². The normalized spacial score (nSPS) is 29.3. The first-order valence-corrected chi connectivity index (χ1v) is 6.48. The molecule has 102 valence electrons. The predicted octanol–water partition coefficient (Wildman–Crippen LogP) is 2.59. The van der Waals surface area contributed by atoms with Crippen molar-refractivity contribution >= 4 is 0 Å². The maximum atomic E-state index is 6.18. The van der Waals surface area contributed by atoms with E-state index in [-0.39, 0.29) is 22.8 Å². The molecule has 0 spiro atoms. The van der Waals surface area contributed by atoms with Crippen molar-refractivity contribution in [3.8, 4) is 0 Å². The number of likely N-dealkylation sites (N-methyl/N-ethyl adjacent to an activating group) is 1. The number of hydrogen-bond acceptors (Lipinski definition) is 3. The van der Waals surface area contributed by atoms with Crippen LogP contribution in [-0.4, -0.2) is 37.0 Å². The Bertz CT molecular complexity index is 271. The van der Waals surface area contributed by atoms with E-state index in [0.717, 1.165) is 6.42 Å². The molecular formula is C14H29NO2. The largest absolute Gasteiger partial charge is 0.377 e. The average Bonchev–Trinajstić information content (AvgIpc) is 2.35. The van der Waals surface area contributed by atoms with Gasteiger partial charge in [-0.15, -0.1) is 0 Å². The highest BCUT2D eigenvalue weighted by Gasteiger charge is 2.52. The minimum atomic E-state index is -0.194. The third kappa shape index (κ3) is 3.01. The zero-order valence-corrected chi connectivity index (χ0v) is 12.7. The zero-order chi connectivity index (χ0) is 13.5. The van der Waals surface area contributed by atoms with Crippen LogP contribution in [0.3, 0.4) is 0 Å². The molecule has 3 heteroatoms. The van der Waals surface area contributed by atoms with E-state index in [2.05, 4.69) is 46.9 Å². The van der Waals surface area contributed by atoms with Gasteiger partial charge in [-0.2, -0.15) is 0 Å². The maximum absolute atomic E-state index is 6.18. The molecule has 0 aliphatic carbocycles. The lowest BCUT2D eigenvalue weighted by molar-refractivity contribution is -0.0941. The summed E-state index contributed by atoms with van der Waals surface area (Å²) in [6, 6.07) is 0.282. The van der Waals surface area contributed by atoms with Gasteiger partial charge >= 0.3 is 0 Å². The summed E-state index contributed by atoms with van der Waals surface area (Å²) in [5.74, 6) is 0.442. The van der Waals surface area contributed by atoms with E-state index in [1.807, 2.05) is 7.05 Å². The Morgan fingerprint density at radius 2 is 1.82 bits per heavy atom. The van der Waals surface area contributed by atoms with Gasteiger partial charge in [0.1, 0.15) is 0 Å². The molecule has 1 rings (SSSR count). The van der Waals surface area contributed by atoms with E-state index < -0.39 is 0 Å². The second kappa shape index (κ2) is 4.52. The highest BCUT2D eigenvalue weighted by Crippen LogP contribution is 2.45. The van der Waals surface area contributed by atoms with Crippen molar-refractivity contribution in [3.05, 3.63) is 0 Å². The summed E-state index contributed by atoms with van der Waals surface area (Å²) in [7, 11) is 3.78. The van der Waals surface area contributed by atoms with Crippen LogP contribution < -0.4 is 5.32 Å². The minimum absolute atomic E-state index is 0.0485. The van der Waals surface area contributed by atoms with Crippen LogP contribution in [0.25, 0.3) is 0 Å². The van der Waals surface area contributed by atoms with Crippen molar-refractivity contribution in [2.75, 3.05) is 14.2 Å². The van der Waals surface area contributed by atoms with Crippen LogP contribution in [0.15, 0.2) is 0 Å². The SMILES string of the molecule is CNC(C1CC(C)(C)OC1(C)C)C(C)(C)OC. The van der Waals surface area contributed by atoms with Crippen molar-refractivity contribution in [2.24, 2.45) is 5.92 Å². The fraction of sp³-hybridized carbons (Fsp3) is 1.00. The van der Waals surface area contributed by atoms with Gasteiger partial charge in [-0.3, -0.25) is 0 Å². The molecule has 0 bridgehead atoms. The lowest BCUT2D eigenvalue weighted by atomic mass is 9.75. The molecule has 1 fully saturated rings. The Kier molecular flexibility index (Phi) is 3.98. The van der Waals surface area contributed by atoms with Crippen LogP contribution in [0.5, 0.6) is 0 Å². The molecule has 0 saturated carbocycles. The predicted molar refractivity (Wildman–Crippen MR) is 71.3 cm³/mol. The van der Waals surface area contributed by atoms with Gasteiger partial charge in [0.2, 0.25) is 0 Å². The van der Waals surface area contributed by atoms with Gasteiger partial charge in [-0.1, -0.05) is 0 Å². The maximum Gasteiger partial charge on any atom is 0.0778 e. The fourth-order valence-electron chi connectivity index (χ4n) is 3.28. The molecular weight excluding hydrogens is 214 g/mol. The first-order chi connectivity index (χ1) is 7.56. The zero-order valence-electron chi connectivity index (χ0n) is 12.7. The summed E-state index contributed by atoms with van der Waals surface area (Å²) in [6.07, 6.45) is 1.05. The molecule has 0 amide bonds. The van der Waals surface area contributed by atoms with Crippen LogP contribution in [-0.2, 0) is 9.47 Å². The van der Waals surface area contributed by atoms with Gasteiger partial charge in [0.15, 0.2) is 0 Å². The topological polar surface area (TPSA) is 30.5 Å². The number of hydrogen-bond donors (Lipinski definition) is 1. The molecule has 3 nitrogen and oxygen atoms in total. The second-order valence-corrected chi connectivity index (χ2v) is 6.85. The highest BCUT2D eigenvalue weighted by molar-refractivity contribution is 5.03. The number of methoxy groups -OCH3 is 1. The summed E-state index contributed by atoms with van der Waals surface area (Å²) in [5.41, 5.74) is -0.361. The van der Waals surface area contributed by atoms with Crippen LogP contribution in [0.2, 0.25) is 0 Å². The molecule has 1 aliphatic rings. The highest BCUT2D eigenvalue weighted by atomic mass is 16.5. The third-order valence-electron chi connectivity index (χ3n) is 4.13. The summed E-state index contributed by atoms with van der Waals surface area (Å²) in [4.78, 5) is 0. The van der Waals surface area contributed by atoms with Crippen LogP contribution in [0, 0.1) is 5.92 Å². The molecule has 0 aromatic carbocycles. The van der Waals surface area contributed by atoms with Gasteiger partial charge in [0.25, 0.3) is 0 Å². The van der Waals surface area contributed by atoms with Crippen molar-refractivity contribution in [3.63, 3.8) is 0 Å². The average molecular weight is 243 g/mol. The molecule has 0 aromatic rings. The molecule has 1 N–H and O–H groups in total. The Labute approximate surface area is 106 Å². The number of nitrogens with one attached hydrogen (secondary N) is 1. The minimum Gasteiger partial charge on any atom is -0.377 e. The summed E-state index contributed by atoms with van der Waals surface area (Å²) in [6.45, 7) is 13.0. The van der Waals surface area contributed by atoms with E-state index >= 15 is 0 Å². The van der Waals surface area contributed by atoms with Gasteiger partial charge in [0, 0.05) is 19.1 Å². The second-order valence-electron chi connectivity index (χ2n) is 6.85. The van der Waals surface area contributed by atoms with Crippen LogP contribution in [0.1, 0.15) is 48.0 Å². The quantitative estimate of drug-likeness (QED) is 0.823. The molecule has 0 radical (unpaired) electrons. The summed E-state index contributed by atoms with van der Waals surface area (Å²) >= 11 is 0. The molecule has 2 unspecified atom stereocenters. The van der Waals surface area contributed by atoms with Crippen molar-refractivity contribution in [1.82, 2.24) is 5.32 Å². The molecule has 1 aliphatic heterocycles. The van der Waals surface area contributed by atoms with Crippen molar-refractivity contribution in [2.45, 2.75) is 70.8 Å². The fourth-order valence-corrected chi connectivity index (χ4v) is 3.28. The van der Waals surface area contributed by atoms with E-state index in [9.17, 15) is 0 Å². The molecule has 17 heavy (non-hydrogen) atoms. The third-order valence-corrected chi connectivity index (χ3v) is 4.13. The van der Waals surface area contributed by atoms with Gasteiger partial charge in [-0.25, -0.2) is 0 Å². The lowest BCUT2D eigenvalue weighted by Gasteiger charge is -2.41. The van der Waals surface area contributed by atoms with Crippen LogP contribution in [0.4, 0.5) is 0 Å². The van der Waals surface area contributed by atoms with E-state index in [4.69, 9.17) is 9.47 Å². The van der Waals surface area contributed by atoms with E-state index in [1.54, 1.807) is 7.11 Å². The first kappa shape index (κ1) is 14.9. The summed E-state index contributed by atoms with van der Waals surface area (Å²) < 4.78 is 11.8. The monoisotopic (exact) mass is 243 g/mol. The van der Waals surface area contributed by atoms with Crippen molar-refractivity contribution < 1.29 is 9.47 Å². The van der Waals surface area contributed by atoms with E-state index in [0.29, 0.717) is 5.92 Å². The molecule has 1 saturated heterocycles. The smallest absolute Gasteiger partial charge is 0.0778 e. The number of rotatable bonds is 4.